The number of hydrogen-bond acceptors (Lipinski definition) is 3. The van der Waals surface area contributed by atoms with E-state index in [0.717, 1.165) is 32.1 Å². The highest BCUT2D eigenvalue weighted by atomic mass is 127. The van der Waals surface area contributed by atoms with Gasteiger partial charge in [0, 0.05) is 23.6 Å². The molecular weight excluding hydrogens is 341 g/mol. The van der Waals surface area contributed by atoms with E-state index in [4.69, 9.17) is 9.47 Å². The van der Waals surface area contributed by atoms with E-state index in [1.807, 2.05) is 12.1 Å². The predicted molar refractivity (Wildman–Crippen MR) is 81.5 cm³/mol. The standard InChI is InChI=1S/C14H20INO2/c1-17-14-4-2-12(3-5-14)10-16-8-9-18-11-13(16)6-7-15/h2-5,13H,6-11H2,1H3. The normalized spacial score (nSPS) is 20.9. The minimum atomic E-state index is 0.567. The zero-order chi connectivity index (χ0) is 12.8. The van der Waals surface area contributed by atoms with E-state index in [1.54, 1.807) is 7.11 Å². The Morgan fingerprint density at radius 1 is 1.39 bits per heavy atom. The molecule has 0 aromatic heterocycles. The van der Waals surface area contributed by atoms with Crippen LogP contribution < -0.4 is 4.74 Å². The van der Waals surface area contributed by atoms with E-state index in [0.29, 0.717) is 6.04 Å². The number of benzene rings is 1. The SMILES string of the molecule is COc1ccc(CN2CCOCC2CCI)cc1. The lowest BCUT2D eigenvalue weighted by atomic mass is 10.1. The van der Waals surface area contributed by atoms with E-state index in [9.17, 15) is 0 Å². The summed E-state index contributed by atoms with van der Waals surface area (Å²) >= 11 is 2.44. The van der Waals surface area contributed by atoms with Crippen molar-refractivity contribution < 1.29 is 9.47 Å². The highest BCUT2D eigenvalue weighted by Gasteiger charge is 2.22. The Hall–Kier alpha value is -0.330. The van der Waals surface area contributed by atoms with Gasteiger partial charge in [0.1, 0.15) is 5.75 Å². The lowest BCUT2D eigenvalue weighted by Crippen LogP contribution is -2.45. The topological polar surface area (TPSA) is 21.7 Å². The maximum Gasteiger partial charge on any atom is 0.118 e. The molecule has 1 fully saturated rings. The summed E-state index contributed by atoms with van der Waals surface area (Å²) in [5, 5.41) is 0. The van der Waals surface area contributed by atoms with E-state index in [2.05, 4.69) is 39.6 Å². The van der Waals surface area contributed by atoms with Crippen LogP contribution in [0.5, 0.6) is 5.75 Å². The molecule has 1 unspecified atom stereocenters. The number of alkyl halides is 1. The molecule has 0 radical (unpaired) electrons. The number of ether oxygens (including phenoxy) is 2. The molecular formula is C14H20INO2. The largest absolute Gasteiger partial charge is 0.497 e. The molecule has 1 atom stereocenters. The molecule has 100 valence electrons. The van der Waals surface area contributed by atoms with E-state index in [1.165, 1.54) is 16.4 Å². The summed E-state index contributed by atoms with van der Waals surface area (Å²) in [7, 11) is 1.70. The molecule has 1 aromatic rings. The molecule has 18 heavy (non-hydrogen) atoms. The summed E-state index contributed by atoms with van der Waals surface area (Å²) in [6, 6.07) is 8.93. The van der Waals surface area contributed by atoms with Crippen LogP contribution in [0.3, 0.4) is 0 Å². The minimum Gasteiger partial charge on any atom is -0.497 e. The fourth-order valence-corrected chi connectivity index (χ4v) is 2.97. The van der Waals surface area contributed by atoms with E-state index >= 15 is 0 Å². The van der Waals surface area contributed by atoms with Crippen LogP contribution in [-0.4, -0.2) is 42.2 Å². The Balaban J connectivity index is 1.96. The van der Waals surface area contributed by atoms with Crippen LogP contribution in [0.2, 0.25) is 0 Å². The Kier molecular flexibility index (Phi) is 5.72. The van der Waals surface area contributed by atoms with Crippen molar-refractivity contribution in [3.63, 3.8) is 0 Å². The van der Waals surface area contributed by atoms with E-state index in [-0.39, 0.29) is 0 Å². The molecule has 0 bridgehead atoms. The number of morpholine rings is 1. The Bertz CT molecular complexity index is 353. The average Bonchev–Trinajstić information content (AvgIpc) is 2.42. The van der Waals surface area contributed by atoms with Gasteiger partial charge in [-0.3, -0.25) is 4.90 Å². The third-order valence-corrected chi connectivity index (χ3v) is 3.96. The van der Waals surface area contributed by atoms with Crippen LogP contribution in [-0.2, 0) is 11.3 Å². The number of rotatable bonds is 5. The molecule has 1 aliphatic rings. The second-order valence-corrected chi connectivity index (χ2v) is 5.60. The third kappa shape index (κ3) is 3.83. The van der Waals surface area contributed by atoms with Gasteiger partial charge >= 0.3 is 0 Å². The molecule has 0 N–H and O–H groups in total. The Morgan fingerprint density at radius 3 is 2.83 bits per heavy atom. The van der Waals surface area contributed by atoms with Crippen molar-refractivity contribution in [3.8, 4) is 5.75 Å². The second-order valence-electron chi connectivity index (χ2n) is 4.52. The summed E-state index contributed by atoms with van der Waals surface area (Å²) in [5.41, 5.74) is 1.34. The first-order chi connectivity index (χ1) is 8.83. The van der Waals surface area contributed by atoms with Crippen molar-refractivity contribution in [1.29, 1.82) is 0 Å². The predicted octanol–water partition coefficient (Wildman–Crippen LogP) is 2.72. The maximum absolute atomic E-state index is 5.57. The van der Waals surface area contributed by atoms with Crippen molar-refractivity contribution in [3.05, 3.63) is 29.8 Å². The maximum atomic E-state index is 5.57. The van der Waals surface area contributed by atoms with E-state index < -0.39 is 0 Å². The van der Waals surface area contributed by atoms with Crippen LogP contribution in [0.4, 0.5) is 0 Å². The molecule has 2 rings (SSSR count). The average molecular weight is 361 g/mol. The fourth-order valence-electron chi connectivity index (χ4n) is 2.25. The van der Waals surface area contributed by atoms with Gasteiger partial charge in [-0.25, -0.2) is 0 Å². The molecule has 0 amide bonds. The Labute approximate surface area is 123 Å². The monoisotopic (exact) mass is 361 g/mol. The first-order valence-corrected chi connectivity index (χ1v) is 7.86. The molecule has 1 aromatic carbocycles. The molecule has 0 saturated carbocycles. The first-order valence-electron chi connectivity index (χ1n) is 6.34. The zero-order valence-electron chi connectivity index (χ0n) is 10.8. The third-order valence-electron chi connectivity index (χ3n) is 3.34. The van der Waals surface area contributed by atoms with Gasteiger partial charge in [-0.15, -0.1) is 0 Å². The van der Waals surface area contributed by atoms with Gasteiger partial charge in [-0.05, 0) is 24.1 Å². The number of hydrogen-bond donors (Lipinski definition) is 0. The second kappa shape index (κ2) is 7.31. The molecule has 4 heteroatoms. The van der Waals surface area contributed by atoms with Crippen LogP contribution in [0.1, 0.15) is 12.0 Å². The smallest absolute Gasteiger partial charge is 0.118 e. The number of halogens is 1. The number of methoxy groups -OCH3 is 1. The van der Waals surface area contributed by atoms with Crippen molar-refractivity contribution in [2.75, 3.05) is 31.3 Å². The molecule has 3 nitrogen and oxygen atoms in total. The fraction of sp³-hybridized carbons (Fsp3) is 0.571. The number of nitrogens with zero attached hydrogens (tertiary/aromatic N) is 1. The minimum absolute atomic E-state index is 0.567. The van der Waals surface area contributed by atoms with Crippen LogP contribution >= 0.6 is 22.6 Å². The first kappa shape index (κ1) is 14.1. The highest BCUT2D eigenvalue weighted by Crippen LogP contribution is 2.18. The van der Waals surface area contributed by atoms with Gasteiger partial charge < -0.3 is 9.47 Å². The molecule has 1 aliphatic heterocycles. The summed E-state index contributed by atoms with van der Waals surface area (Å²) < 4.78 is 11.9. The zero-order valence-corrected chi connectivity index (χ0v) is 12.9. The lowest BCUT2D eigenvalue weighted by molar-refractivity contribution is -0.0120. The molecule has 0 aliphatic carbocycles. The van der Waals surface area contributed by atoms with Gasteiger partial charge in [0.2, 0.25) is 0 Å². The summed E-state index contributed by atoms with van der Waals surface area (Å²) in [6.45, 7) is 3.77. The summed E-state index contributed by atoms with van der Waals surface area (Å²) in [5.74, 6) is 0.921. The van der Waals surface area contributed by atoms with Crippen molar-refractivity contribution in [1.82, 2.24) is 4.90 Å². The van der Waals surface area contributed by atoms with Gasteiger partial charge in [0.05, 0.1) is 20.3 Å². The lowest BCUT2D eigenvalue weighted by Gasteiger charge is -2.35. The molecule has 1 saturated heterocycles. The Morgan fingerprint density at radius 2 is 2.17 bits per heavy atom. The van der Waals surface area contributed by atoms with Gasteiger partial charge in [-0.1, -0.05) is 34.7 Å². The van der Waals surface area contributed by atoms with Crippen molar-refractivity contribution >= 4 is 22.6 Å². The van der Waals surface area contributed by atoms with Crippen molar-refractivity contribution in [2.24, 2.45) is 0 Å². The highest BCUT2D eigenvalue weighted by molar-refractivity contribution is 14.1. The van der Waals surface area contributed by atoms with Crippen LogP contribution in [0, 0.1) is 0 Å². The van der Waals surface area contributed by atoms with Gasteiger partial charge in [0.25, 0.3) is 0 Å². The van der Waals surface area contributed by atoms with Crippen LogP contribution in [0.15, 0.2) is 24.3 Å². The summed E-state index contributed by atoms with van der Waals surface area (Å²) in [4.78, 5) is 2.53. The van der Waals surface area contributed by atoms with Gasteiger partial charge in [-0.2, -0.15) is 0 Å². The summed E-state index contributed by atoms with van der Waals surface area (Å²) in [6.07, 6.45) is 1.21. The van der Waals surface area contributed by atoms with Crippen molar-refractivity contribution in [2.45, 2.75) is 19.0 Å². The van der Waals surface area contributed by atoms with Crippen LogP contribution in [0.25, 0.3) is 0 Å². The quantitative estimate of drug-likeness (QED) is 0.595. The molecule has 1 heterocycles. The van der Waals surface area contributed by atoms with Gasteiger partial charge in [0.15, 0.2) is 0 Å². The molecule has 0 spiro atoms.